The van der Waals surface area contributed by atoms with Crippen molar-refractivity contribution in [2.24, 2.45) is 0 Å². The van der Waals surface area contributed by atoms with Crippen molar-refractivity contribution >= 4 is 24.0 Å². The molecule has 5 heteroatoms. The predicted octanol–water partition coefficient (Wildman–Crippen LogP) is 2.18. The number of morpholine rings is 1. The third kappa shape index (κ3) is 3.95. The van der Waals surface area contributed by atoms with Crippen LogP contribution in [0.3, 0.4) is 0 Å². The molecule has 1 unspecified atom stereocenters. The Labute approximate surface area is 126 Å². The van der Waals surface area contributed by atoms with Gasteiger partial charge >= 0.3 is 0 Å². The molecular weight excluding hydrogens is 276 g/mol. The maximum absolute atomic E-state index is 12.3. The van der Waals surface area contributed by atoms with Crippen LogP contribution in [0.2, 0.25) is 0 Å². The summed E-state index contributed by atoms with van der Waals surface area (Å²) in [7, 11) is 1.80. The molecule has 1 heterocycles. The summed E-state index contributed by atoms with van der Waals surface area (Å²) in [6.07, 6.45) is -0.372. The highest BCUT2D eigenvalue weighted by molar-refractivity contribution is 5.96. The predicted molar refractivity (Wildman–Crippen MR) is 83.8 cm³/mol. The average Bonchev–Trinajstić information content (AvgIpc) is 2.46. The van der Waals surface area contributed by atoms with Crippen molar-refractivity contribution in [3.05, 3.63) is 29.8 Å². The van der Waals surface area contributed by atoms with Crippen LogP contribution < -0.4 is 10.2 Å². The molecule has 1 aromatic rings. The summed E-state index contributed by atoms with van der Waals surface area (Å²) in [6.45, 7) is 6.32. The Morgan fingerprint density at radius 2 is 2.00 bits per heavy atom. The Hall–Kier alpha value is -1.10. The molecule has 0 bridgehead atoms. The number of nitrogens with zero attached hydrogens (tertiary/aromatic N) is 1. The van der Waals surface area contributed by atoms with Crippen LogP contribution in [0.15, 0.2) is 24.3 Å². The number of ether oxygens (including phenoxy) is 1. The van der Waals surface area contributed by atoms with Gasteiger partial charge in [-0.15, -0.1) is 12.4 Å². The molecule has 112 valence electrons. The van der Waals surface area contributed by atoms with E-state index in [9.17, 15) is 4.79 Å². The second-order valence-electron chi connectivity index (χ2n) is 5.21. The molecule has 1 amide bonds. The molecule has 0 radical (unpaired) electrons. The fourth-order valence-corrected chi connectivity index (χ4v) is 2.15. The summed E-state index contributed by atoms with van der Waals surface area (Å²) < 4.78 is 5.49. The topological polar surface area (TPSA) is 41.6 Å². The SMILES string of the molecule is CC(C)c1ccc(N(C)C(=O)C2CNCCO2)cc1.Cl. The molecule has 0 aliphatic carbocycles. The largest absolute Gasteiger partial charge is 0.366 e. The van der Waals surface area contributed by atoms with Crippen molar-refractivity contribution in [1.82, 2.24) is 5.32 Å². The van der Waals surface area contributed by atoms with E-state index in [1.54, 1.807) is 11.9 Å². The molecule has 0 saturated carbocycles. The number of hydrogen-bond acceptors (Lipinski definition) is 3. The Morgan fingerprint density at radius 3 is 2.50 bits per heavy atom. The zero-order chi connectivity index (χ0) is 13.8. The van der Waals surface area contributed by atoms with E-state index < -0.39 is 0 Å². The van der Waals surface area contributed by atoms with Crippen molar-refractivity contribution < 1.29 is 9.53 Å². The fourth-order valence-electron chi connectivity index (χ4n) is 2.15. The summed E-state index contributed by atoms with van der Waals surface area (Å²) >= 11 is 0. The van der Waals surface area contributed by atoms with E-state index in [2.05, 4.69) is 31.3 Å². The van der Waals surface area contributed by atoms with E-state index in [-0.39, 0.29) is 24.4 Å². The maximum Gasteiger partial charge on any atom is 0.257 e. The van der Waals surface area contributed by atoms with Gasteiger partial charge in [0.2, 0.25) is 0 Å². The van der Waals surface area contributed by atoms with Crippen LogP contribution in [-0.2, 0) is 9.53 Å². The van der Waals surface area contributed by atoms with E-state index in [0.717, 1.165) is 12.2 Å². The standard InChI is InChI=1S/C15H22N2O2.ClH/c1-11(2)12-4-6-13(7-5-12)17(3)15(18)14-10-16-8-9-19-14;/h4-7,11,14,16H,8-10H2,1-3H3;1H. The number of halogens is 1. The van der Waals surface area contributed by atoms with Gasteiger partial charge in [-0.05, 0) is 23.6 Å². The number of carbonyl (C=O) groups is 1. The van der Waals surface area contributed by atoms with E-state index in [1.807, 2.05) is 12.1 Å². The lowest BCUT2D eigenvalue weighted by atomic mass is 10.0. The normalized spacial score (nSPS) is 18.5. The lowest BCUT2D eigenvalue weighted by molar-refractivity contribution is -0.131. The Balaban J connectivity index is 0.00000200. The summed E-state index contributed by atoms with van der Waals surface area (Å²) in [4.78, 5) is 13.9. The number of anilines is 1. The second-order valence-corrected chi connectivity index (χ2v) is 5.21. The van der Waals surface area contributed by atoms with Crippen LogP contribution >= 0.6 is 12.4 Å². The van der Waals surface area contributed by atoms with E-state index in [4.69, 9.17) is 4.74 Å². The number of nitrogens with one attached hydrogen (secondary N) is 1. The first-order chi connectivity index (χ1) is 9.09. The van der Waals surface area contributed by atoms with Crippen LogP contribution in [0.5, 0.6) is 0 Å². The Kier molecular flexibility index (Phi) is 6.46. The molecule has 1 aliphatic heterocycles. The third-order valence-electron chi connectivity index (χ3n) is 3.48. The number of benzene rings is 1. The maximum atomic E-state index is 12.3. The lowest BCUT2D eigenvalue weighted by Gasteiger charge is -2.27. The van der Waals surface area contributed by atoms with Crippen molar-refractivity contribution in [1.29, 1.82) is 0 Å². The number of carbonyl (C=O) groups excluding carboxylic acids is 1. The van der Waals surface area contributed by atoms with Gasteiger partial charge in [-0.1, -0.05) is 26.0 Å². The van der Waals surface area contributed by atoms with Gasteiger partial charge in [-0.25, -0.2) is 0 Å². The first-order valence-electron chi connectivity index (χ1n) is 6.79. The third-order valence-corrected chi connectivity index (χ3v) is 3.48. The Bertz CT molecular complexity index is 428. The van der Waals surface area contributed by atoms with Gasteiger partial charge in [0.1, 0.15) is 6.10 Å². The van der Waals surface area contributed by atoms with Crippen LogP contribution in [0.25, 0.3) is 0 Å². The summed E-state index contributed by atoms with van der Waals surface area (Å²) in [5.74, 6) is 0.505. The Morgan fingerprint density at radius 1 is 1.35 bits per heavy atom. The van der Waals surface area contributed by atoms with Crippen molar-refractivity contribution in [3.63, 3.8) is 0 Å². The summed E-state index contributed by atoms with van der Waals surface area (Å²) in [5, 5.41) is 3.17. The molecular formula is C15H23ClN2O2. The number of amides is 1. The molecule has 0 spiro atoms. The number of rotatable bonds is 3. The first-order valence-corrected chi connectivity index (χ1v) is 6.79. The highest BCUT2D eigenvalue weighted by Gasteiger charge is 2.25. The fraction of sp³-hybridized carbons (Fsp3) is 0.533. The zero-order valence-electron chi connectivity index (χ0n) is 12.3. The number of hydrogen-bond donors (Lipinski definition) is 1. The minimum absolute atomic E-state index is 0. The van der Waals surface area contributed by atoms with Gasteiger partial charge in [0.15, 0.2) is 0 Å². The second kappa shape index (κ2) is 7.62. The molecule has 1 aliphatic rings. The van der Waals surface area contributed by atoms with E-state index >= 15 is 0 Å². The monoisotopic (exact) mass is 298 g/mol. The van der Waals surface area contributed by atoms with Gasteiger partial charge in [0, 0.05) is 25.8 Å². The zero-order valence-corrected chi connectivity index (χ0v) is 13.1. The highest BCUT2D eigenvalue weighted by Crippen LogP contribution is 2.20. The van der Waals surface area contributed by atoms with Crippen LogP contribution in [0.4, 0.5) is 5.69 Å². The van der Waals surface area contributed by atoms with Gasteiger partial charge in [0.05, 0.1) is 6.61 Å². The first kappa shape index (κ1) is 17.0. The number of likely N-dealkylation sites (N-methyl/N-ethyl adjacent to an activating group) is 1. The minimum Gasteiger partial charge on any atom is -0.366 e. The van der Waals surface area contributed by atoms with Gasteiger partial charge in [-0.2, -0.15) is 0 Å². The molecule has 20 heavy (non-hydrogen) atoms. The van der Waals surface area contributed by atoms with E-state index in [0.29, 0.717) is 19.1 Å². The van der Waals surface area contributed by atoms with E-state index in [1.165, 1.54) is 5.56 Å². The highest BCUT2D eigenvalue weighted by atomic mass is 35.5. The molecule has 4 nitrogen and oxygen atoms in total. The molecule has 1 atom stereocenters. The quantitative estimate of drug-likeness (QED) is 0.930. The van der Waals surface area contributed by atoms with Crippen molar-refractivity contribution in [3.8, 4) is 0 Å². The average molecular weight is 299 g/mol. The summed E-state index contributed by atoms with van der Waals surface area (Å²) in [6, 6.07) is 8.13. The molecule has 1 N–H and O–H groups in total. The lowest BCUT2D eigenvalue weighted by Crippen LogP contribution is -2.48. The van der Waals surface area contributed by atoms with Crippen molar-refractivity contribution in [2.45, 2.75) is 25.9 Å². The molecule has 1 fully saturated rings. The van der Waals surface area contributed by atoms with Crippen LogP contribution in [0, 0.1) is 0 Å². The van der Waals surface area contributed by atoms with Gasteiger partial charge < -0.3 is 15.0 Å². The van der Waals surface area contributed by atoms with Gasteiger partial charge in [-0.3, -0.25) is 4.79 Å². The summed E-state index contributed by atoms with van der Waals surface area (Å²) in [5.41, 5.74) is 2.18. The molecule has 1 saturated heterocycles. The molecule has 2 rings (SSSR count). The molecule has 0 aromatic heterocycles. The molecule has 1 aromatic carbocycles. The van der Waals surface area contributed by atoms with Gasteiger partial charge in [0.25, 0.3) is 5.91 Å². The van der Waals surface area contributed by atoms with Crippen molar-refractivity contribution in [2.75, 3.05) is 31.6 Å². The van der Waals surface area contributed by atoms with Crippen LogP contribution in [-0.4, -0.2) is 38.8 Å². The van der Waals surface area contributed by atoms with Crippen LogP contribution in [0.1, 0.15) is 25.3 Å². The smallest absolute Gasteiger partial charge is 0.257 e. The minimum atomic E-state index is -0.372.